The second kappa shape index (κ2) is 18.1. The highest BCUT2D eigenvalue weighted by molar-refractivity contribution is 7.80. The first kappa shape index (κ1) is 43.0. The predicted molar refractivity (Wildman–Crippen MR) is 201 cm³/mol. The fraction of sp³-hybridized carbons (Fsp3) is 0.475. The van der Waals surface area contributed by atoms with Crippen molar-refractivity contribution >= 4 is 40.4 Å². The van der Waals surface area contributed by atoms with Crippen LogP contribution in [0.25, 0.3) is 0 Å². The smallest absolute Gasteiger partial charge is 0.420 e. The van der Waals surface area contributed by atoms with Gasteiger partial charge in [0.05, 0.1) is 29.8 Å². The number of benzene rings is 2. The Morgan fingerprint density at radius 3 is 2.40 bits per heavy atom. The maximum atomic E-state index is 13.5. The van der Waals surface area contributed by atoms with E-state index in [1.807, 2.05) is 55.4 Å². The molecule has 0 spiro atoms. The number of anilines is 1. The maximum Gasteiger partial charge on any atom is 0.420 e. The number of rotatable bonds is 12. The maximum absolute atomic E-state index is 13.5. The zero-order chi connectivity index (χ0) is 39.8. The van der Waals surface area contributed by atoms with Gasteiger partial charge >= 0.3 is 12.1 Å². The summed E-state index contributed by atoms with van der Waals surface area (Å²) >= 11 is 5.73. The Hall–Kier alpha value is -4.41. The molecular weight excluding hydrogens is 709 g/mol. The van der Waals surface area contributed by atoms with Crippen LogP contribution in [0.5, 0.6) is 5.75 Å². The molecule has 1 N–H and O–H groups in total. The molecule has 2 heterocycles. The van der Waals surface area contributed by atoms with Crippen LogP contribution in [0.3, 0.4) is 0 Å². The Labute approximate surface area is 315 Å². The minimum absolute atomic E-state index is 0.0915. The number of Topliss-reactive ketones (excluding diaryl/α,β-unsaturated/α-hetero) is 1. The number of alkyl halides is 3. The molecule has 1 amide bonds. The number of nitrogens with one attached hydrogen (secondary N) is 1. The van der Waals surface area contributed by atoms with Gasteiger partial charge in [0, 0.05) is 31.6 Å². The van der Waals surface area contributed by atoms with Crippen molar-refractivity contribution in [2.24, 2.45) is 5.92 Å². The summed E-state index contributed by atoms with van der Waals surface area (Å²) in [4.78, 5) is 29.4. The molecule has 2 unspecified atom stereocenters. The van der Waals surface area contributed by atoms with E-state index in [2.05, 4.69) is 32.7 Å². The van der Waals surface area contributed by atoms with E-state index in [0.29, 0.717) is 53.9 Å². The van der Waals surface area contributed by atoms with E-state index in [0.717, 1.165) is 48.4 Å². The van der Waals surface area contributed by atoms with Gasteiger partial charge in [-0.25, -0.2) is 14.5 Å². The van der Waals surface area contributed by atoms with Crippen LogP contribution in [-0.2, 0) is 20.5 Å². The van der Waals surface area contributed by atoms with Crippen molar-refractivity contribution in [3.05, 3.63) is 81.9 Å². The third-order valence-corrected chi connectivity index (χ3v) is 9.76. The molecule has 0 saturated carbocycles. The summed E-state index contributed by atoms with van der Waals surface area (Å²) in [5, 5.41) is 11.5. The van der Waals surface area contributed by atoms with E-state index in [9.17, 15) is 27.2 Å². The highest BCUT2D eigenvalue weighted by atomic mass is 32.1. The van der Waals surface area contributed by atoms with Gasteiger partial charge in [-0.2, -0.15) is 23.0 Å². The number of aryl methyl sites for hydroxylation is 1. The number of allylic oxidation sites excluding steroid dienone is 2. The van der Waals surface area contributed by atoms with Gasteiger partial charge in [0.2, 0.25) is 5.70 Å². The number of nitrogens with zero attached hydrogens (tertiary/aromatic N) is 3. The summed E-state index contributed by atoms with van der Waals surface area (Å²) in [5.74, 6) is 0.0358. The molecule has 1 saturated heterocycles. The number of nitriles is 1. The molecule has 0 radical (unpaired) electrons. The number of carbonyl (C=O) groups is 2. The third kappa shape index (κ3) is 9.04. The van der Waals surface area contributed by atoms with Gasteiger partial charge in [0.25, 0.3) is 5.84 Å². The van der Waals surface area contributed by atoms with Gasteiger partial charge in [-0.15, -0.1) is 0 Å². The Balaban J connectivity index is 0.000000452. The van der Waals surface area contributed by atoms with E-state index >= 15 is 0 Å². The summed E-state index contributed by atoms with van der Waals surface area (Å²) in [7, 11) is 0. The summed E-state index contributed by atoms with van der Waals surface area (Å²) in [6.07, 6.45) is -1.34. The van der Waals surface area contributed by atoms with Crippen LogP contribution in [0.2, 0.25) is 0 Å². The Kier molecular flexibility index (Phi) is 14.7. The molecule has 0 aromatic heterocycles. The van der Waals surface area contributed by atoms with Crippen LogP contribution in [-0.4, -0.2) is 52.4 Å². The molecule has 2 aliphatic rings. The Morgan fingerprint density at radius 1 is 1.21 bits per heavy atom. The SMILES string of the molecule is C=C(CCC)[N+]1=C(c2cc(N(C(C)=S)C3(C(=O)CC)CCOC3)ccc2OCC)NC(=O)/C1=C(\C)C(C)CC.Cc1ccc(C#N)c(C(F)(F)F)c1F. The fourth-order valence-electron chi connectivity index (χ4n) is 6.54. The average Bonchev–Trinajstić information content (AvgIpc) is 3.74. The second-order valence-electron chi connectivity index (χ2n) is 13.1. The lowest BCUT2D eigenvalue weighted by molar-refractivity contribution is -0.415. The highest BCUT2D eigenvalue weighted by Gasteiger charge is 2.48. The largest absolute Gasteiger partial charge is 0.493 e. The van der Waals surface area contributed by atoms with E-state index in [4.69, 9.17) is 27.0 Å². The summed E-state index contributed by atoms with van der Waals surface area (Å²) in [6.45, 7) is 20.8. The van der Waals surface area contributed by atoms with Crippen molar-refractivity contribution in [1.82, 2.24) is 5.32 Å². The van der Waals surface area contributed by atoms with Crippen LogP contribution in [0, 0.1) is 30.0 Å². The van der Waals surface area contributed by atoms with Crippen LogP contribution in [0.15, 0.2) is 53.9 Å². The number of carbonyl (C=O) groups excluding carboxylic acids is 2. The monoisotopic (exact) mass is 757 g/mol. The second-order valence-corrected chi connectivity index (χ2v) is 13.7. The Morgan fingerprint density at radius 2 is 1.89 bits per heavy atom. The minimum atomic E-state index is -4.83. The number of thiocarbonyl (C=S) groups is 1. The zero-order valence-electron chi connectivity index (χ0n) is 31.7. The molecule has 4 rings (SSSR count). The van der Waals surface area contributed by atoms with Crippen molar-refractivity contribution in [2.75, 3.05) is 24.7 Å². The lowest BCUT2D eigenvalue weighted by Gasteiger charge is -2.40. The molecule has 8 nitrogen and oxygen atoms in total. The summed E-state index contributed by atoms with van der Waals surface area (Å²) in [5.41, 5.74) is 0.771. The van der Waals surface area contributed by atoms with Crippen molar-refractivity contribution < 1.29 is 41.2 Å². The van der Waals surface area contributed by atoms with Gasteiger partial charge in [0.15, 0.2) is 5.78 Å². The first-order valence-corrected chi connectivity index (χ1v) is 18.2. The number of halogens is 4. The van der Waals surface area contributed by atoms with E-state index < -0.39 is 28.7 Å². The number of ether oxygens (including phenoxy) is 2. The number of ketones is 1. The van der Waals surface area contributed by atoms with Gasteiger partial charge in [-0.1, -0.05) is 52.6 Å². The Bertz CT molecular complexity index is 1860. The van der Waals surface area contributed by atoms with Gasteiger partial charge < -0.3 is 14.4 Å². The van der Waals surface area contributed by atoms with Crippen LogP contribution < -0.4 is 15.0 Å². The van der Waals surface area contributed by atoms with E-state index in [-0.39, 0.29) is 29.8 Å². The number of hydrogen-bond donors (Lipinski definition) is 1. The quantitative estimate of drug-likeness (QED) is 0.100. The van der Waals surface area contributed by atoms with Crippen molar-refractivity contribution in [3.8, 4) is 11.8 Å². The lowest BCUT2D eigenvalue weighted by Crippen LogP contribution is -2.57. The first-order valence-electron chi connectivity index (χ1n) is 17.8. The average molecular weight is 758 g/mol. The zero-order valence-corrected chi connectivity index (χ0v) is 32.5. The number of amides is 1. The van der Waals surface area contributed by atoms with Crippen molar-refractivity contribution in [3.63, 3.8) is 0 Å². The number of hydrogen-bond acceptors (Lipinski definition) is 6. The van der Waals surface area contributed by atoms with Gasteiger partial charge in [-0.05, 0) is 81.9 Å². The molecule has 0 bridgehead atoms. The molecule has 2 aromatic rings. The molecule has 2 atom stereocenters. The first-order chi connectivity index (χ1) is 24.9. The predicted octanol–water partition coefficient (Wildman–Crippen LogP) is 8.92. The molecule has 2 aromatic carbocycles. The number of amidine groups is 1. The minimum Gasteiger partial charge on any atom is -0.493 e. The van der Waals surface area contributed by atoms with Gasteiger partial charge in [-0.3, -0.25) is 4.79 Å². The molecule has 13 heteroatoms. The molecular formula is C40H49F4N4O4S+. The normalized spacial score (nSPS) is 18.4. The molecule has 1 fully saturated rings. The van der Waals surface area contributed by atoms with Crippen LogP contribution in [0.4, 0.5) is 23.2 Å². The third-order valence-electron chi connectivity index (χ3n) is 9.57. The molecule has 286 valence electrons. The highest BCUT2D eigenvalue weighted by Crippen LogP contribution is 2.38. The lowest BCUT2D eigenvalue weighted by atomic mass is 9.88. The standard InChI is InChI=1S/C31H43N3O4S.C9H5F4N/c1-9-13-21(6)33-28(22(7)20(5)10-2)30(36)32-29(33)25-18-24(14-15-26(25)38-12-4)34(23(8)39)31(27(35)11-3)16-17-37-19-31;1-5-2-3-6(4-14)7(8(5)10)9(11,12)13/h14-15,18,20H,6,9-13,16-17,19H2,1-5,7-8H3;2-3H,1H3/p+1/b28-22-;. The summed E-state index contributed by atoms with van der Waals surface area (Å²) < 4.78 is 63.7. The molecule has 53 heavy (non-hydrogen) atoms. The van der Waals surface area contributed by atoms with Crippen LogP contribution >= 0.6 is 12.2 Å². The van der Waals surface area contributed by atoms with Crippen molar-refractivity contribution in [2.45, 2.75) is 99.2 Å². The van der Waals surface area contributed by atoms with Gasteiger partial charge in [0.1, 0.15) is 33.9 Å². The molecule has 0 aliphatic carbocycles. The molecule has 2 aliphatic heterocycles. The summed E-state index contributed by atoms with van der Waals surface area (Å²) in [6, 6.07) is 9.20. The van der Waals surface area contributed by atoms with Crippen molar-refractivity contribution in [1.29, 1.82) is 5.26 Å². The van der Waals surface area contributed by atoms with Crippen LogP contribution in [0.1, 0.15) is 103 Å². The topological polar surface area (TPSA) is 94.7 Å². The van der Waals surface area contributed by atoms with E-state index in [1.54, 1.807) is 0 Å². The fourth-order valence-corrected chi connectivity index (χ4v) is 6.82. The van der Waals surface area contributed by atoms with E-state index in [1.165, 1.54) is 13.0 Å².